The van der Waals surface area contributed by atoms with Crippen LogP contribution in [-0.4, -0.2) is 26.7 Å². The molecule has 0 heterocycles. The van der Waals surface area contributed by atoms with Gasteiger partial charge in [-0.15, -0.1) is 0 Å². The predicted octanol–water partition coefficient (Wildman–Crippen LogP) is 1.52. The number of hydrogen-bond acceptors (Lipinski definition) is 0. The standard InChI is InChI=1S/C4H12P.Au/c1-5(2,3)4;/h1-4H3;/q+1;. The molecule has 0 aliphatic rings. The zero-order valence-corrected chi connectivity index (χ0v) is 7.81. The average Bonchev–Trinajstić information content (AvgIpc) is 0.722. The van der Waals surface area contributed by atoms with E-state index >= 15 is 0 Å². The van der Waals surface area contributed by atoms with Crippen LogP contribution in [0.25, 0.3) is 0 Å². The van der Waals surface area contributed by atoms with E-state index in [1.807, 2.05) is 0 Å². The Morgan fingerprint density at radius 1 is 0.833 bits per heavy atom. The van der Waals surface area contributed by atoms with Gasteiger partial charge in [0.2, 0.25) is 0 Å². The molecule has 6 heavy (non-hydrogen) atoms. The van der Waals surface area contributed by atoms with Gasteiger partial charge in [-0.2, -0.15) is 0 Å². The molecule has 0 saturated carbocycles. The van der Waals surface area contributed by atoms with Gasteiger partial charge in [-0.1, -0.05) is 0 Å². The van der Waals surface area contributed by atoms with Crippen molar-refractivity contribution in [3.63, 3.8) is 0 Å². The minimum Gasteiger partial charge on any atom is 0 e. The number of hydrogen-bond donors (Lipinski definition) is 0. The minimum absolute atomic E-state index is 0. The molecular formula is C4H12AuP+. The van der Waals surface area contributed by atoms with E-state index in [1.54, 1.807) is 0 Å². The van der Waals surface area contributed by atoms with Crippen molar-refractivity contribution in [3.05, 3.63) is 0 Å². The van der Waals surface area contributed by atoms with Crippen molar-refractivity contribution in [2.75, 3.05) is 26.7 Å². The van der Waals surface area contributed by atoms with Gasteiger partial charge in [0.05, 0.1) is 0 Å². The van der Waals surface area contributed by atoms with Crippen molar-refractivity contribution < 1.29 is 22.4 Å². The second kappa shape index (κ2) is 3.21. The van der Waals surface area contributed by atoms with Gasteiger partial charge < -0.3 is 0 Å². The molecule has 1 radical (unpaired) electrons. The fraction of sp³-hybridized carbons (Fsp3) is 1.00. The van der Waals surface area contributed by atoms with Gasteiger partial charge >= 0.3 is 0 Å². The Hall–Kier alpha value is 1.17. The monoisotopic (exact) mass is 288 g/mol. The molecule has 0 aromatic heterocycles. The zero-order valence-electron chi connectivity index (χ0n) is 4.75. The van der Waals surface area contributed by atoms with Crippen molar-refractivity contribution in [2.45, 2.75) is 0 Å². The summed E-state index contributed by atoms with van der Waals surface area (Å²) in [5.74, 6) is 0. The summed E-state index contributed by atoms with van der Waals surface area (Å²) in [7, 11) is -0.389. The Labute approximate surface area is 56.6 Å². The summed E-state index contributed by atoms with van der Waals surface area (Å²) in [5.41, 5.74) is 0. The van der Waals surface area contributed by atoms with Gasteiger partial charge in [0.1, 0.15) is 0 Å². The van der Waals surface area contributed by atoms with E-state index in [1.165, 1.54) is 0 Å². The predicted molar refractivity (Wildman–Crippen MR) is 30.6 cm³/mol. The Morgan fingerprint density at radius 3 is 0.833 bits per heavy atom. The van der Waals surface area contributed by atoms with E-state index in [4.69, 9.17) is 0 Å². The molecule has 0 aliphatic carbocycles. The first-order valence-corrected chi connectivity index (χ1v) is 5.37. The molecule has 0 atom stereocenters. The van der Waals surface area contributed by atoms with Crippen LogP contribution in [-0.2, 0) is 22.4 Å². The maximum absolute atomic E-state index is 2.30. The summed E-state index contributed by atoms with van der Waals surface area (Å²) in [6.07, 6.45) is 0. The maximum Gasteiger partial charge on any atom is 0.0481 e. The minimum atomic E-state index is -0.389. The summed E-state index contributed by atoms with van der Waals surface area (Å²) in [6, 6.07) is 0. The molecule has 0 nitrogen and oxygen atoms in total. The summed E-state index contributed by atoms with van der Waals surface area (Å²) in [6.45, 7) is 9.19. The van der Waals surface area contributed by atoms with Gasteiger partial charge in [-0.25, -0.2) is 0 Å². The number of rotatable bonds is 0. The van der Waals surface area contributed by atoms with Gasteiger partial charge in [0.15, 0.2) is 0 Å². The normalized spacial score (nSPS) is 10.0. The fourth-order valence-corrected chi connectivity index (χ4v) is 0. The van der Waals surface area contributed by atoms with Crippen molar-refractivity contribution in [2.24, 2.45) is 0 Å². The van der Waals surface area contributed by atoms with E-state index in [9.17, 15) is 0 Å². The summed E-state index contributed by atoms with van der Waals surface area (Å²) in [4.78, 5) is 0. The zero-order chi connectivity index (χ0) is 4.50. The topological polar surface area (TPSA) is 0 Å². The van der Waals surface area contributed by atoms with Gasteiger partial charge in [-0.3, -0.25) is 0 Å². The fourth-order valence-electron chi connectivity index (χ4n) is 0. The van der Waals surface area contributed by atoms with Crippen molar-refractivity contribution in [1.82, 2.24) is 0 Å². The first-order chi connectivity index (χ1) is 2.00. The molecule has 0 bridgehead atoms. The third-order valence-electron chi connectivity index (χ3n) is 0. The molecule has 0 rings (SSSR count). The van der Waals surface area contributed by atoms with Crippen molar-refractivity contribution in [3.8, 4) is 0 Å². The van der Waals surface area contributed by atoms with Gasteiger partial charge in [0, 0.05) is 56.3 Å². The summed E-state index contributed by atoms with van der Waals surface area (Å²) < 4.78 is 0. The molecule has 0 aliphatic heterocycles. The van der Waals surface area contributed by atoms with Gasteiger partial charge in [0.25, 0.3) is 0 Å². The van der Waals surface area contributed by atoms with Gasteiger partial charge in [-0.05, 0) is 0 Å². The Kier molecular flexibility index (Phi) is 5.46. The molecule has 2 heteroatoms. The van der Waals surface area contributed by atoms with E-state index < -0.39 is 0 Å². The third kappa shape index (κ3) is 65.7. The van der Waals surface area contributed by atoms with E-state index in [2.05, 4.69) is 26.7 Å². The largest absolute Gasteiger partial charge is 0.0481 e. The average molecular weight is 288 g/mol. The van der Waals surface area contributed by atoms with Crippen LogP contribution in [0.2, 0.25) is 0 Å². The van der Waals surface area contributed by atoms with E-state index in [0.29, 0.717) is 0 Å². The molecule has 0 saturated heterocycles. The molecule has 43 valence electrons. The molecule has 0 unspecified atom stereocenters. The molecule has 0 amide bonds. The Morgan fingerprint density at radius 2 is 0.833 bits per heavy atom. The van der Waals surface area contributed by atoms with Crippen LogP contribution in [0, 0.1) is 0 Å². The first kappa shape index (κ1) is 10.2. The van der Waals surface area contributed by atoms with E-state index in [-0.39, 0.29) is 29.6 Å². The van der Waals surface area contributed by atoms with Crippen LogP contribution >= 0.6 is 7.26 Å². The quantitative estimate of drug-likeness (QED) is 0.468. The maximum atomic E-state index is 2.30. The van der Waals surface area contributed by atoms with Crippen LogP contribution in [0.1, 0.15) is 0 Å². The van der Waals surface area contributed by atoms with Crippen LogP contribution in [0.15, 0.2) is 0 Å². The first-order valence-electron chi connectivity index (χ1n) is 1.79. The van der Waals surface area contributed by atoms with Crippen LogP contribution in [0.5, 0.6) is 0 Å². The molecule has 0 N–H and O–H groups in total. The van der Waals surface area contributed by atoms with Crippen molar-refractivity contribution in [1.29, 1.82) is 0 Å². The smallest absolute Gasteiger partial charge is 0 e. The van der Waals surface area contributed by atoms with E-state index in [0.717, 1.165) is 0 Å². The SMILES string of the molecule is C[P+](C)(C)C.[Au]. The second-order valence-electron chi connectivity index (χ2n) is 2.68. The summed E-state index contributed by atoms with van der Waals surface area (Å²) in [5, 5.41) is 0. The van der Waals surface area contributed by atoms with Crippen LogP contribution < -0.4 is 0 Å². The Balaban J connectivity index is 0. The molecule has 0 aromatic carbocycles. The summed E-state index contributed by atoms with van der Waals surface area (Å²) >= 11 is 0. The van der Waals surface area contributed by atoms with Crippen molar-refractivity contribution >= 4 is 7.26 Å². The Bertz CT molecular complexity index is 23.0. The second-order valence-corrected chi connectivity index (χ2v) is 8.05. The molecule has 0 fully saturated rings. The molecule has 0 aromatic rings. The van der Waals surface area contributed by atoms with Crippen LogP contribution in [0.4, 0.5) is 0 Å². The molecular weight excluding hydrogens is 276 g/mol. The third-order valence-corrected chi connectivity index (χ3v) is 0. The molecule has 0 spiro atoms. The van der Waals surface area contributed by atoms with Crippen LogP contribution in [0.3, 0.4) is 0 Å².